The minimum Gasteiger partial charge on any atom is -0.487 e. The summed E-state index contributed by atoms with van der Waals surface area (Å²) in [6, 6.07) is 31.3. The third-order valence-corrected chi connectivity index (χ3v) is 6.41. The highest BCUT2D eigenvalue weighted by atomic mass is 35.5. The van der Waals surface area contributed by atoms with Gasteiger partial charge in [-0.15, -0.1) is 0 Å². The normalized spacial score (nSPS) is 10.8. The topological polar surface area (TPSA) is 56.1 Å². The lowest BCUT2D eigenvalue weighted by Gasteiger charge is -2.17. The standard InChI is InChI=1S/C31H26ClN3O2/c1-22-12-17-29(27-10-5-11-28(32)30(27)37-21-23-7-3-2-4-8-23)35(22)26-15-13-25(14-16-26)31(36)34-20-24-9-6-18-33-19-24/h2-19H,20-21H2,1H3,(H,34,36). The van der Waals surface area contributed by atoms with Gasteiger partial charge in [0.25, 0.3) is 5.91 Å². The first kappa shape index (κ1) is 24.3. The van der Waals surface area contributed by atoms with E-state index in [2.05, 4.69) is 27.0 Å². The number of rotatable bonds is 8. The second-order valence-electron chi connectivity index (χ2n) is 8.68. The highest BCUT2D eigenvalue weighted by Gasteiger charge is 2.17. The van der Waals surface area contributed by atoms with Crippen LogP contribution in [0.5, 0.6) is 5.75 Å². The van der Waals surface area contributed by atoms with Crippen LogP contribution < -0.4 is 10.1 Å². The SMILES string of the molecule is Cc1ccc(-c2cccc(Cl)c2OCc2ccccc2)n1-c1ccc(C(=O)NCc2cccnc2)cc1. The number of hydrogen-bond donors (Lipinski definition) is 1. The molecule has 3 aromatic carbocycles. The van der Waals surface area contributed by atoms with Crippen LogP contribution in [-0.2, 0) is 13.2 Å². The van der Waals surface area contributed by atoms with Crippen molar-refractivity contribution >= 4 is 17.5 Å². The predicted molar refractivity (Wildman–Crippen MR) is 147 cm³/mol. The molecular weight excluding hydrogens is 482 g/mol. The first-order valence-corrected chi connectivity index (χ1v) is 12.4. The van der Waals surface area contributed by atoms with Crippen LogP contribution in [0, 0.1) is 6.92 Å². The van der Waals surface area contributed by atoms with Crippen molar-refractivity contribution in [2.75, 3.05) is 0 Å². The number of amides is 1. The van der Waals surface area contributed by atoms with Crippen LogP contribution in [0.15, 0.2) is 109 Å². The van der Waals surface area contributed by atoms with Crippen LogP contribution in [0.25, 0.3) is 16.9 Å². The van der Waals surface area contributed by atoms with Gasteiger partial charge in [-0.25, -0.2) is 0 Å². The lowest BCUT2D eigenvalue weighted by molar-refractivity contribution is 0.0951. The molecule has 0 unspecified atom stereocenters. The number of benzene rings is 3. The average Bonchev–Trinajstić information content (AvgIpc) is 3.33. The number of hydrogen-bond acceptors (Lipinski definition) is 3. The Morgan fingerprint density at radius 2 is 1.68 bits per heavy atom. The van der Waals surface area contributed by atoms with E-state index < -0.39 is 0 Å². The van der Waals surface area contributed by atoms with Gasteiger partial charge in [0.05, 0.1) is 10.7 Å². The summed E-state index contributed by atoms with van der Waals surface area (Å²) < 4.78 is 8.36. The number of pyridine rings is 1. The van der Waals surface area contributed by atoms with Crippen LogP contribution in [0.3, 0.4) is 0 Å². The molecule has 1 N–H and O–H groups in total. The lowest BCUT2D eigenvalue weighted by Crippen LogP contribution is -2.22. The Morgan fingerprint density at radius 3 is 2.43 bits per heavy atom. The maximum Gasteiger partial charge on any atom is 0.251 e. The Labute approximate surface area is 221 Å². The van der Waals surface area contributed by atoms with E-state index in [1.54, 1.807) is 12.4 Å². The van der Waals surface area contributed by atoms with E-state index in [1.165, 1.54) is 0 Å². The Balaban J connectivity index is 1.39. The highest BCUT2D eigenvalue weighted by Crippen LogP contribution is 2.38. The number of aryl methyl sites for hydroxylation is 1. The maximum atomic E-state index is 12.7. The molecule has 0 aliphatic rings. The number of halogens is 1. The summed E-state index contributed by atoms with van der Waals surface area (Å²) >= 11 is 6.60. The van der Waals surface area contributed by atoms with Crippen molar-refractivity contribution in [2.45, 2.75) is 20.1 Å². The van der Waals surface area contributed by atoms with E-state index in [-0.39, 0.29) is 5.91 Å². The maximum absolute atomic E-state index is 12.7. The third-order valence-electron chi connectivity index (χ3n) is 6.11. The first-order chi connectivity index (χ1) is 18.1. The Hall–Kier alpha value is -4.35. The summed E-state index contributed by atoms with van der Waals surface area (Å²) in [6.45, 7) is 2.89. The van der Waals surface area contributed by atoms with Crippen LogP contribution in [0.2, 0.25) is 5.02 Å². The Bertz CT molecular complexity index is 1500. The van der Waals surface area contributed by atoms with E-state index in [1.807, 2.05) is 91.9 Å². The summed E-state index contributed by atoms with van der Waals surface area (Å²) in [7, 11) is 0. The number of carbonyl (C=O) groups is 1. The molecule has 184 valence electrons. The van der Waals surface area contributed by atoms with E-state index in [9.17, 15) is 4.79 Å². The Morgan fingerprint density at radius 1 is 0.892 bits per heavy atom. The van der Waals surface area contributed by atoms with Gasteiger partial charge in [0.15, 0.2) is 0 Å². The molecule has 2 aromatic heterocycles. The summed E-state index contributed by atoms with van der Waals surface area (Å²) in [5.41, 5.74) is 6.46. The highest BCUT2D eigenvalue weighted by molar-refractivity contribution is 6.32. The van der Waals surface area contributed by atoms with E-state index in [0.717, 1.165) is 33.8 Å². The second-order valence-corrected chi connectivity index (χ2v) is 9.08. The summed E-state index contributed by atoms with van der Waals surface area (Å²) in [4.78, 5) is 16.8. The first-order valence-electron chi connectivity index (χ1n) is 12.0. The van der Waals surface area contributed by atoms with Gasteiger partial charge < -0.3 is 14.6 Å². The molecular formula is C31H26ClN3O2. The minimum absolute atomic E-state index is 0.133. The van der Waals surface area contributed by atoms with Gasteiger partial charge in [0.1, 0.15) is 12.4 Å². The fourth-order valence-corrected chi connectivity index (χ4v) is 4.46. The second kappa shape index (κ2) is 11.1. The fourth-order valence-electron chi connectivity index (χ4n) is 4.23. The molecule has 0 radical (unpaired) electrons. The van der Waals surface area contributed by atoms with Crippen molar-refractivity contribution < 1.29 is 9.53 Å². The fraction of sp³-hybridized carbons (Fsp3) is 0.0968. The van der Waals surface area contributed by atoms with Gasteiger partial charge in [-0.05, 0) is 72.6 Å². The molecule has 5 nitrogen and oxygen atoms in total. The molecule has 0 aliphatic carbocycles. The number of nitrogens with zero attached hydrogens (tertiary/aromatic N) is 2. The lowest BCUT2D eigenvalue weighted by atomic mass is 10.1. The molecule has 37 heavy (non-hydrogen) atoms. The quantitative estimate of drug-likeness (QED) is 0.246. The van der Waals surface area contributed by atoms with Gasteiger partial charge in [0, 0.05) is 41.4 Å². The zero-order valence-corrected chi connectivity index (χ0v) is 21.2. The van der Waals surface area contributed by atoms with Crippen molar-refractivity contribution in [2.24, 2.45) is 0 Å². The average molecular weight is 508 g/mol. The zero-order chi connectivity index (χ0) is 25.6. The van der Waals surface area contributed by atoms with E-state index in [0.29, 0.717) is 29.5 Å². The Kier molecular flexibility index (Phi) is 7.33. The van der Waals surface area contributed by atoms with Crippen molar-refractivity contribution in [3.8, 4) is 22.7 Å². The van der Waals surface area contributed by atoms with Crippen LogP contribution in [0.4, 0.5) is 0 Å². The summed E-state index contributed by atoms with van der Waals surface area (Å²) in [6.07, 6.45) is 3.46. The van der Waals surface area contributed by atoms with Gasteiger partial charge >= 0.3 is 0 Å². The van der Waals surface area contributed by atoms with Gasteiger partial charge in [0.2, 0.25) is 0 Å². The van der Waals surface area contributed by atoms with Crippen LogP contribution >= 0.6 is 11.6 Å². The molecule has 5 rings (SSSR count). The van der Waals surface area contributed by atoms with E-state index in [4.69, 9.17) is 16.3 Å². The number of ether oxygens (including phenoxy) is 1. The molecule has 0 saturated carbocycles. The predicted octanol–water partition coefficient (Wildman–Crippen LogP) is 7.01. The number of carbonyl (C=O) groups excluding carboxylic acids is 1. The minimum atomic E-state index is -0.133. The molecule has 0 fully saturated rings. The zero-order valence-electron chi connectivity index (χ0n) is 20.4. The van der Waals surface area contributed by atoms with Crippen LogP contribution in [-0.4, -0.2) is 15.5 Å². The molecule has 2 heterocycles. The van der Waals surface area contributed by atoms with Gasteiger partial charge in [-0.2, -0.15) is 0 Å². The number of nitrogens with one attached hydrogen (secondary N) is 1. The molecule has 1 amide bonds. The molecule has 0 bridgehead atoms. The van der Waals surface area contributed by atoms with Crippen molar-refractivity contribution in [1.82, 2.24) is 14.9 Å². The third kappa shape index (κ3) is 5.57. The van der Waals surface area contributed by atoms with Crippen molar-refractivity contribution in [3.63, 3.8) is 0 Å². The van der Waals surface area contributed by atoms with Crippen LogP contribution in [0.1, 0.15) is 27.2 Å². The largest absolute Gasteiger partial charge is 0.487 e. The van der Waals surface area contributed by atoms with Gasteiger partial charge in [-0.3, -0.25) is 9.78 Å². The molecule has 0 saturated heterocycles. The van der Waals surface area contributed by atoms with E-state index >= 15 is 0 Å². The summed E-state index contributed by atoms with van der Waals surface area (Å²) in [5.74, 6) is 0.505. The van der Waals surface area contributed by atoms with Gasteiger partial charge in [-0.1, -0.05) is 54.1 Å². The molecule has 5 aromatic rings. The monoisotopic (exact) mass is 507 g/mol. The van der Waals surface area contributed by atoms with Crippen molar-refractivity contribution in [3.05, 3.63) is 137 Å². The molecule has 6 heteroatoms. The smallest absolute Gasteiger partial charge is 0.251 e. The molecule has 0 aliphatic heterocycles. The number of aromatic nitrogens is 2. The van der Waals surface area contributed by atoms with Crippen molar-refractivity contribution in [1.29, 1.82) is 0 Å². The summed E-state index contributed by atoms with van der Waals surface area (Å²) in [5, 5.41) is 3.50. The number of para-hydroxylation sites is 1. The molecule has 0 atom stereocenters. The molecule has 0 spiro atoms.